The fraction of sp³-hybridized carbons (Fsp3) is 0.321. The first-order chi connectivity index (χ1) is 16.8. The van der Waals surface area contributed by atoms with Crippen LogP contribution in [0.3, 0.4) is 0 Å². The number of amides is 1. The Labute approximate surface area is 213 Å². The fourth-order valence-electron chi connectivity index (χ4n) is 4.64. The molecule has 7 heteroatoms. The van der Waals surface area contributed by atoms with Crippen molar-refractivity contribution in [2.75, 3.05) is 10.8 Å². The van der Waals surface area contributed by atoms with Gasteiger partial charge in [-0.05, 0) is 91.6 Å². The number of carbonyl (C=O) groups excluding carboxylic acids is 1. The first kappa shape index (κ1) is 25.3. The molecule has 35 heavy (non-hydrogen) atoms. The number of hydrogen-bond acceptors (Lipinski definition) is 3. The van der Waals surface area contributed by atoms with Gasteiger partial charge in [-0.2, -0.15) is 0 Å². The average Bonchev–Trinajstić information content (AvgIpc) is 2.86. The molecule has 0 bridgehead atoms. The van der Waals surface area contributed by atoms with Gasteiger partial charge in [0.15, 0.2) is 0 Å². The maximum atomic E-state index is 13.6. The first-order valence-corrected chi connectivity index (χ1v) is 13.9. The minimum Gasteiger partial charge on any atom is -0.348 e. The lowest BCUT2D eigenvalue weighted by molar-refractivity contribution is -0.120. The van der Waals surface area contributed by atoms with E-state index in [1.165, 1.54) is 52.5 Å². The summed E-state index contributed by atoms with van der Waals surface area (Å²) in [5.74, 6) is -0.352. The SMILES string of the molecule is CCC(NC(=O)CN(c1ccccc1C)S(=O)(=O)c1ccc(Cl)cc1)c1ccc2c(c1)CCCC2. The number of anilines is 1. The Morgan fingerprint density at radius 3 is 2.37 bits per heavy atom. The van der Waals surface area contributed by atoms with Crippen LogP contribution in [0, 0.1) is 6.92 Å². The van der Waals surface area contributed by atoms with E-state index >= 15 is 0 Å². The number of benzene rings is 3. The Morgan fingerprint density at radius 1 is 1.00 bits per heavy atom. The molecular weight excluding hydrogens is 480 g/mol. The van der Waals surface area contributed by atoms with Gasteiger partial charge in [-0.25, -0.2) is 8.42 Å². The van der Waals surface area contributed by atoms with Crippen molar-refractivity contribution in [3.63, 3.8) is 0 Å². The molecule has 0 saturated carbocycles. The maximum Gasteiger partial charge on any atom is 0.264 e. The predicted molar refractivity (Wildman–Crippen MR) is 141 cm³/mol. The normalized spacial score (nSPS) is 14.1. The second-order valence-corrected chi connectivity index (χ2v) is 11.3. The second kappa shape index (κ2) is 10.8. The topological polar surface area (TPSA) is 66.5 Å². The summed E-state index contributed by atoms with van der Waals surface area (Å²) in [5.41, 5.74) is 5.04. The van der Waals surface area contributed by atoms with E-state index in [1.807, 2.05) is 26.0 Å². The van der Waals surface area contributed by atoms with Crippen LogP contribution in [0.5, 0.6) is 0 Å². The molecule has 1 atom stereocenters. The van der Waals surface area contributed by atoms with Crippen molar-refractivity contribution in [2.24, 2.45) is 0 Å². The molecule has 0 fully saturated rings. The van der Waals surface area contributed by atoms with Crippen LogP contribution in [0.4, 0.5) is 5.69 Å². The molecule has 1 aliphatic carbocycles. The third-order valence-corrected chi connectivity index (χ3v) is 8.62. The Bertz CT molecular complexity index is 1310. The van der Waals surface area contributed by atoms with E-state index in [2.05, 4.69) is 23.5 Å². The van der Waals surface area contributed by atoms with Gasteiger partial charge in [-0.15, -0.1) is 0 Å². The summed E-state index contributed by atoms with van der Waals surface area (Å²) in [5, 5.41) is 3.52. The van der Waals surface area contributed by atoms with E-state index in [-0.39, 0.29) is 23.4 Å². The van der Waals surface area contributed by atoms with Gasteiger partial charge in [0.25, 0.3) is 10.0 Å². The summed E-state index contributed by atoms with van der Waals surface area (Å²) in [6.07, 6.45) is 5.28. The van der Waals surface area contributed by atoms with Gasteiger partial charge in [-0.1, -0.05) is 54.9 Å². The molecule has 0 aromatic heterocycles. The van der Waals surface area contributed by atoms with Crippen molar-refractivity contribution in [1.29, 1.82) is 0 Å². The molecular formula is C28H31ClN2O3S. The summed E-state index contributed by atoms with van der Waals surface area (Å²) in [4.78, 5) is 13.3. The van der Waals surface area contributed by atoms with Gasteiger partial charge < -0.3 is 5.32 Å². The summed E-state index contributed by atoms with van der Waals surface area (Å²) in [6, 6.07) is 19.4. The van der Waals surface area contributed by atoms with Crippen LogP contribution in [0.15, 0.2) is 71.6 Å². The van der Waals surface area contributed by atoms with E-state index in [9.17, 15) is 13.2 Å². The highest BCUT2D eigenvalue weighted by molar-refractivity contribution is 7.92. The number of halogens is 1. The van der Waals surface area contributed by atoms with Crippen molar-refractivity contribution in [2.45, 2.75) is 56.9 Å². The highest BCUT2D eigenvalue weighted by Gasteiger charge is 2.29. The van der Waals surface area contributed by atoms with Crippen molar-refractivity contribution >= 4 is 33.2 Å². The molecule has 3 aromatic rings. The molecule has 0 heterocycles. The first-order valence-electron chi connectivity index (χ1n) is 12.0. The van der Waals surface area contributed by atoms with Crippen LogP contribution in [-0.4, -0.2) is 20.9 Å². The lowest BCUT2D eigenvalue weighted by atomic mass is 9.89. The smallest absolute Gasteiger partial charge is 0.264 e. The zero-order chi connectivity index (χ0) is 25.0. The molecule has 0 radical (unpaired) electrons. The van der Waals surface area contributed by atoms with Crippen molar-refractivity contribution < 1.29 is 13.2 Å². The van der Waals surface area contributed by atoms with Gasteiger partial charge in [0.2, 0.25) is 5.91 Å². The minimum atomic E-state index is -3.99. The fourth-order valence-corrected chi connectivity index (χ4v) is 6.25. The lowest BCUT2D eigenvalue weighted by Crippen LogP contribution is -2.42. The predicted octanol–water partition coefficient (Wildman–Crippen LogP) is 5.99. The molecule has 1 unspecified atom stereocenters. The summed E-state index contributed by atoms with van der Waals surface area (Å²) < 4.78 is 28.4. The summed E-state index contributed by atoms with van der Waals surface area (Å²) in [7, 11) is -3.99. The van der Waals surface area contributed by atoms with Crippen molar-refractivity contribution in [3.05, 3.63) is 94.0 Å². The van der Waals surface area contributed by atoms with E-state index in [1.54, 1.807) is 12.1 Å². The molecule has 0 spiro atoms. The van der Waals surface area contributed by atoms with Crippen molar-refractivity contribution in [3.8, 4) is 0 Å². The highest BCUT2D eigenvalue weighted by Crippen LogP contribution is 2.29. The molecule has 4 rings (SSSR count). The van der Waals surface area contributed by atoms with E-state index < -0.39 is 10.0 Å². The number of aryl methyl sites for hydroxylation is 3. The zero-order valence-corrected chi connectivity index (χ0v) is 21.7. The molecule has 3 aromatic carbocycles. The standard InChI is InChI=1S/C28H31ClN2O3S/c1-3-26(23-13-12-21-9-5-6-10-22(21)18-23)30-28(32)19-31(27-11-7-4-8-20(27)2)35(33,34)25-16-14-24(29)15-17-25/h4,7-8,11-18,26H,3,5-6,9-10,19H2,1-2H3,(H,30,32). The average molecular weight is 511 g/mol. The largest absolute Gasteiger partial charge is 0.348 e. The molecule has 1 N–H and O–H groups in total. The van der Waals surface area contributed by atoms with Gasteiger partial charge in [0, 0.05) is 5.02 Å². The zero-order valence-electron chi connectivity index (χ0n) is 20.1. The van der Waals surface area contributed by atoms with Crippen LogP contribution < -0.4 is 9.62 Å². The third-order valence-electron chi connectivity index (χ3n) is 6.59. The number of para-hydroxylation sites is 1. The Morgan fingerprint density at radius 2 is 1.69 bits per heavy atom. The molecule has 5 nitrogen and oxygen atoms in total. The number of nitrogens with one attached hydrogen (secondary N) is 1. The highest BCUT2D eigenvalue weighted by atomic mass is 35.5. The molecule has 0 saturated heterocycles. The third kappa shape index (κ3) is 5.71. The Balaban J connectivity index is 1.61. The van der Waals surface area contributed by atoms with Crippen LogP contribution >= 0.6 is 11.6 Å². The summed E-state index contributed by atoms with van der Waals surface area (Å²) >= 11 is 5.97. The molecule has 1 aliphatic rings. The number of rotatable bonds is 8. The van der Waals surface area contributed by atoms with E-state index in [0.717, 1.165) is 24.0 Å². The second-order valence-electron chi connectivity index (χ2n) is 9.02. The van der Waals surface area contributed by atoms with Crippen LogP contribution in [0.2, 0.25) is 5.02 Å². The van der Waals surface area contributed by atoms with E-state index in [0.29, 0.717) is 17.1 Å². The Kier molecular flexibility index (Phi) is 7.82. The number of hydrogen-bond donors (Lipinski definition) is 1. The molecule has 184 valence electrons. The van der Waals surface area contributed by atoms with Gasteiger partial charge in [-0.3, -0.25) is 9.10 Å². The van der Waals surface area contributed by atoms with Gasteiger partial charge in [0.1, 0.15) is 6.54 Å². The summed E-state index contributed by atoms with van der Waals surface area (Å²) in [6.45, 7) is 3.53. The molecule has 1 amide bonds. The van der Waals surface area contributed by atoms with Gasteiger partial charge in [0.05, 0.1) is 16.6 Å². The van der Waals surface area contributed by atoms with Crippen LogP contribution in [0.1, 0.15) is 54.5 Å². The maximum absolute atomic E-state index is 13.6. The number of nitrogens with zero attached hydrogens (tertiary/aromatic N) is 1. The number of fused-ring (bicyclic) bond motifs is 1. The monoisotopic (exact) mass is 510 g/mol. The van der Waals surface area contributed by atoms with Crippen molar-refractivity contribution in [1.82, 2.24) is 5.32 Å². The molecule has 0 aliphatic heterocycles. The van der Waals surface area contributed by atoms with Crippen LogP contribution in [-0.2, 0) is 27.7 Å². The number of carbonyl (C=O) groups is 1. The minimum absolute atomic E-state index is 0.0830. The lowest BCUT2D eigenvalue weighted by Gasteiger charge is -2.27. The van der Waals surface area contributed by atoms with Crippen LogP contribution in [0.25, 0.3) is 0 Å². The van der Waals surface area contributed by atoms with Gasteiger partial charge >= 0.3 is 0 Å². The quantitative estimate of drug-likeness (QED) is 0.404. The Hall–Kier alpha value is -2.83. The van der Waals surface area contributed by atoms with E-state index in [4.69, 9.17) is 11.6 Å². The number of sulfonamides is 1.